The monoisotopic (exact) mass is 445 g/mol. The van der Waals surface area contributed by atoms with E-state index in [9.17, 15) is 20.1 Å². The SMILES string of the molecule is CC(=O)Nc1nc(CCSc2ccccc2)c2ncn(C3O[C@H](CO)[C@@H](O)[C@H]3O)c2n1. The highest BCUT2D eigenvalue weighted by Gasteiger charge is 2.44. The first-order valence-electron chi connectivity index (χ1n) is 9.79. The molecule has 1 amide bonds. The number of aromatic nitrogens is 4. The van der Waals surface area contributed by atoms with Crippen molar-refractivity contribution in [3.8, 4) is 0 Å². The Morgan fingerprint density at radius 2 is 2.00 bits per heavy atom. The van der Waals surface area contributed by atoms with Crippen LogP contribution in [0.15, 0.2) is 41.6 Å². The fourth-order valence-electron chi connectivity index (χ4n) is 3.44. The number of fused-ring (bicyclic) bond motifs is 1. The van der Waals surface area contributed by atoms with Crippen LogP contribution in [0.1, 0.15) is 18.8 Å². The van der Waals surface area contributed by atoms with E-state index in [1.807, 2.05) is 30.3 Å². The molecule has 1 aliphatic rings. The molecule has 0 radical (unpaired) electrons. The topological polar surface area (TPSA) is 143 Å². The van der Waals surface area contributed by atoms with Crippen LogP contribution in [-0.2, 0) is 16.0 Å². The van der Waals surface area contributed by atoms with Crippen molar-refractivity contribution in [1.29, 1.82) is 0 Å². The Morgan fingerprint density at radius 1 is 1.23 bits per heavy atom. The minimum absolute atomic E-state index is 0.119. The van der Waals surface area contributed by atoms with E-state index in [1.165, 1.54) is 17.8 Å². The van der Waals surface area contributed by atoms with Crippen molar-refractivity contribution in [2.45, 2.75) is 42.8 Å². The maximum Gasteiger partial charge on any atom is 0.231 e. The van der Waals surface area contributed by atoms with Crippen LogP contribution in [0.3, 0.4) is 0 Å². The van der Waals surface area contributed by atoms with Gasteiger partial charge in [0.2, 0.25) is 11.9 Å². The summed E-state index contributed by atoms with van der Waals surface area (Å²) in [5, 5.41) is 32.4. The molecule has 0 spiro atoms. The molecule has 31 heavy (non-hydrogen) atoms. The number of aliphatic hydroxyl groups excluding tert-OH is 3. The Balaban J connectivity index is 1.65. The summed E-state index contributed by atoms with van der Waals surface area (Å²) in [7, 11) is 0. The largest absolute Gasteiger partial charge is 0.394 e. The second-order valence-electron chi connectivity index (χ2n) is 7.14. The highest BCUT2D eigenvalue weighted by Crippen LogP contribution is 2.32. The number of imidazole rings is 1. The third-order valence-corrected chi connectivity index (χ3v) is 5.94. The highest BCUT2D eigenvalue weighted by molar-refractivity contribution is 7.99. The summed E-state index contributed by atoms with van der Waals surface area (Å²) in [6, 6.07) is 9.96. The average Bonchev–Trinajstić information content (AvgIpc) is 3.29. The molecule has 1 saturated heterocycles. The number of ether oxygens (including phenoxy) is 1. The molecule has 11 heteroatoms. The van der Waals surface area contributed by atoms with Gasteiger partial charge in [0.15, 0.2) is 11.9 Å². The Kier molecular flexibility index (Phi) is 6.49. The second-order valence-corrected chi connectivity index (χ2v) is 8.31. The molecular weight excluding hydrogens is 422 g/mol. The number of rotatable bonds is 7. The van der Waals surface area contributed by atoms with Gasteiger partial charge in [-0.15, -0.1) is 11.8 Å². The molecule has 0 bridgehead atoms. The maximum absolute atomic E-state index is 11.6. The van der Waals surface area contributed by atoms with Crippen molar-refractivity contribution < 1.29 is 24.9 Å². The number of nitrogens with zero attached hydrogens (tertiary/aromatic N) is 4. The summed E-state index contributed by atoms with van der Waals surface area (Å²) in [5.74, 6) is 0.534. The third kappa shape index (κ3) is 4.55. The zero-order chi connectivity index (χ0) is 22.0. The lowest BCUT2D eigenvalue weighted by Crippen LogP contribution is -2.33. The maximum atomic E-state index is 11.6. The van der Waals surface area contributed by atoms with Crippen molar-refractivity contribution >= 4 is 34.8 Å². The molecule has 0 aliphatic carbocycles. The van der Waals surface area contributed by atoms with Crippen LogP contribution in [0.25, 0.3) is 11.2 Å². The standard InChI is InChI=1S/C20H23N5O5S/c1-11(27)22-20-23-13(7-8-31-12-5-3-2-4-6-12)15-18(24-20)25(10-21-15)19-17(29)16(28)14(9-26)30-19/h2-6,10,14,16-17,19,26,28-29H,7-9H2,1H3,(H,22,23,24,27)/t14-,16-,17-,19?/m1/s1. The molecule has 1 aliphatic heterocycles. The van der Waals surface area contributed by atoms with E-state index in [1.54, 1.807) is 11.8 Å². The van der Waals surface area contributed by atoms with E-state index >= 15 is 0 Å². The molecule has 1 unspecified atom stereocenters. The number of aryl methyl sites for hydroxylation is 1. The van der Waals surface area contributed by atoms with Gasteiger partial charge < -0.3 is 20.1 Å². The average molecular weight is 446 g/mol. The number of carbonyl (C=O) groups is 1. The molecule has 4 atom stereocenters. The van der Waals surface area contributed by atoms with Gasteiger partial charge in [0.1, 0.15) is 23.8 Å². The van der Waals surface area contributed by atoms with Crippen molar-refractivity contribution in [3.63, 3.8) is 0 Å². The van der Waals surface area contributed by atoms with Gasteiger partial charge in [-0.3, -0.25) is 14.7 Å². The molecule has 2 aromatic heterocycles. The van der Waals surface area contributed by atoms with Crippen LogP contribution in [0.5, 0.6) is 0 Å². The van der Waals surface area contributed by atoms with E-state index in [4.69, 9.17) is 4.74 Å². The van der Waals surface area contributed by atoms with Crippen LogP contribution in [0.4, 0.5) is 5.95 Å². The predicted molar refractivity (Wildman–Crippen MR) is 114 cm³/mol. The quantitative estimate of drug-likeness (QED) is 0.387. The van der Waals surface area contributed by atoms with E-state index in [2.05, 4.69) is 20.3 Å². The van der Waals surface area contributed by atoms with Gasteiger partial charge in [0.25, 0.3) is 0 Å². The number of aliphatic hydroxyl groups is 3. The van der Waals surface area contributed by atoms with Crippen LogP contribution < -0.4 is 5.32 Å². The Bertz CT molecular complexity index is 1060. The predicted octanol–water partition coefficient (Wildman–Crippen LogP) is 0.731. The van der Waals surface area contributed by atoms with Crippen LogP contribution in [0.2, 0.25) is 0 Å². The van der Waals surface area contributed by atoms with E-state index in [0.717, 1.165) is 10.6 Å². The number of amides is 1. The Labute approximate surface area is 182 Å². The molecule has 1 fully saturated rings. The van der Waals surface area contributed by atoms with Crippen molar-refractivity contribution in [2.75, 3.05) is 17.7 Å². The molecule has 3 heterocycles. The summed E-state index contributed by atoms with van der Waals surface area (Å²) in [5.41, 5.74) is 1.51. The summed E-state index contributed by atoms with van der Waals surface area (Å²) in [6.45, 7) is 0.928. The fraction of sp³-hybridized carbons (Fsp3) is 0.400. The summed E-state index contributed by atoms with van der Waals surface area (Å²) in [6.07, 6.45) is -2.40. The van der Waals surface area contributed by atoms with Gasteiger partial charge in [-0.25, -0.2) is 9.97 Å². The highest BCUT2D eigenvalue weighted by atomic mass is 32.2. The molecule has 0 saturated carbocycles. The van der Waals surface area contributed by atoms with E-state index in [0.29, 0.717) is 23.3 Å². The van der Waals surface area contributed by atoms with Gasteiger partial charge in [-0.05, 0) is 12.1 Å². The first-order chi connectivity index (χ1) is 15.0. The zero-order valence-corrected chi connectivity index (χ0v) is 17.6. The number of hydrogen-bond donors (Lipinski definition) is 4. The van der Waals surface area contributed by atoms with Crippen molar-refractivity contribution in [3.05, 3.63) is 42.4 Å². The molecule has 1 aromatic carbocycles. The first-order valence-corrected chi connectivity index (χ1v) is 10.8. The lowest BCUT2D eigenvalue weighted by atomic mass is 10.1. The lowest BCUT2D eigenvalue weighted by molar-refractivity contribution is -0.114. The molecule has 4 N–H and O–H groups in total. The Morgan fingerprint density at radius 3 is 2.68 bits per heavy atom. The summed E-state index contributed by atoms with van der Waals surface area (Å²) < 4.78 is 7.09. The number of thioether (sulfide) groups is 1. The lowest BCUT2D eigenvalue weighted by Gasteiger charge is -2.17. The summed E-state index contributed by atoms with van der Waals surface area (Å²) >= 11 is 1.67. The number of carbonyl (C=O) groups excluding carboxylic acids is 1. The molecule has 3 aromatic rings. The van der Waals surface area contributed by atoms with Crippen LogP contribution >= 0.6 is 11.8 Å². The van der Waals surface area contributed by atoms with Gasteiger partial charge in [0.05, 0.1) is 18.6 Å². The number of benzene rings is 1. The van der Waals surface area contributed by atoms with Crippen molar-refractivity contribution in [2.24, 2.45) is 0 Å². The molecule has 4 rings (SSSR count). The second kappa shape index (κ2) is 9.28. The minimum atomic E-state index is -1.27. The molecule has 164 valence electrons. The van der Waals surface area contributed by atoms with Gasteiger partial charge in [-0.2, -0.15) is 4.98 Å². The molecular formula is C20H23N5O5S. The normalized spacial score (nSPS) is 23.4. The van der Waals surface area contributed by atoms with E-state index < -0.39 is 31.1 Å². The van der Waals surface area contributed by atoms with Crippen molar-refractivity contribution in [1.82, 2.24) is 19.5 Å². The fourth-order valence-corrected chi connectivity index (χ4v) is 4.32. The van der Waals surface area contributed by atoms with E-state index in [-0.39, 0.29) is 11.9 Å². The number of anilines is 1. The summed E-state index contributed by atoms with van der Waals surface area (Å²) in [4.78, 5) is 25.9. The third-order valence-electron chi connectivity index (χ3n) is 4.92. The minimum Gasteiger partial charge on any atom is -0.394 e. The smallest absolute Gasteiger partial charge is 0.231 e. The zero-order valence-electron chi connectivity index (χ0n) is 16.8. The number of hydrogen-bond acceptors (Lipinski definition) is 9. The van der Waals surface area contributed by atoms with Gasteiger partial charge >= 0.3 is 0 Å². The van der Waals surface area contributed by atoms with Crippen LogP contribution in [0, 0.1) is 0 Å². The van der Waals surface area contributed by atoms with Crippen LogP contribution in [-0.4, -0.2) is 71.4 Å². The number of nitrogens with one attached hydrogen (secondary N) is 1. The Hall–Kier alpha value is -2.57. The first kappa shape index (κ1) is 21.7. The van der Waals surface area contributed by atoms with Gasteiger partial charge in [-0.1, -0.05) is 18.2 Å². The molecule has 10 nitrogen and oxygen atoms in total. The van der Waals surface area contributed by atoms with Gasteiger partial charge in [0, 0.05) is 24.0 Å².